The molecule has 1 heterocycles. The van der Waals surface area contributed by atoms with Gasteiger partial charge in [0.25, 0.3) is 0 Å². The van der Waals surface area contributed by atoms with Gasteiger partial charge in [-0.25, -0.2) is 0 Å². The van der Waals surface area contributed by atoms with Crippen LogP contribution in [0.5, 0.6) is 0 Å². The number of carbonyl (C=O) groups is 1. The SMILES string of the molecule is NCC(=O)NCC(c1ccccc1Cl)N1CCOCC1. The summed E-state index contributed by atoms with van der Waals surface area (Å²) in [6, 6.07) is 7.77. The standard InChI is InChI=1S/C14H20ClN3O2/c15-12-4-2-1-3-11(12)13(10-17-14(19)9-16)18-5-7-20-8-6-18/h1-4,13H,5-10,16H2,(H,17,19). The van der Waals surface area contributed by atoms with E-state index < -0.39 is 0 Å². The molecular weight excluding hydrogens is 278 g/mol. The van der Waals surface area contributed by atoms with Gasteiger partial charge in [0.05, 0.1) is 25.8 Å². The molecule has 1 saturated heterocycles. The number of halogens is 1. The van der Waals surface area contributed by atoms with Gasteiger partial charge in [0.2, 0.25) is 5.91 Å². The number of carbonyl (C=O) groups excluding carboxylic acids is 1. The first-order valence-corrected chi connectivity index (χ1v) is 7.13. The summed E-state index contributed by atoms with van der Waals surface area (Å²) in [5.74, 6) is -0.157. The van der Waals surface area contributed by atoms with Crippen molar-refractivity contribution in [2.45, 2.75) is 6.04 Å². The number of morpholine rings is 1. The molecule has 1 aromatic carbocycles. The van der Waals surface area contributed by atoms with E-state index in [9.17, 15) is 4.79 Å². The lowest BCUT2D eigenvalue weighted by Gasteiger charge is -2.35. The number of amides is 1. The van der Waals surface area contributed by atoms with Crippen LogP contribution in [-0.4, -0.2) is 50.2 Å². The van der Waals surface area contributed by atoms with Crippen LogP contribution in [-0.2, 0) is 9.53 Å². The molecule has 0 bridgehead atoms. The minimum absolute atomic E-state index is 0.00163. The molecule has 0 saturated carbocycles. The Balaban J connectivity index is 2.14. The molecule has 0 spiro atoms. The number of hydrogen-bond acceptors (Lipinski definition) is 4. The molecule has 0 radical (unpaired) electrons. The van der Waals surface area contributed by atoms with E-state index in [4.69, 9.17) is 22.1 Å². The van der Waals surface area contributed by atoms with E-state index in [1.807, 2.05) is 24.3 Å². The summed E-state index contributed by atoms with van der Waals surface area (Å²) in [5, 5.41) is 3.56. The van der Waals surface area contributed by atoms with Crippen LogP contribution >= 0.6 is 11.6 Å². The van der Waals surface area contributed by atoms with Crippen molar-refractivity contribution in [2.75, 3.05) is 39.4 Å². The number of nitrogens with one attached hydrogen (secondary N) is 1. The van der Waals surface area contributed by atoms with Crippen molar-refractivity contribution in [3.8, 4) is 0 Å². The fourth-order valence-electron chi connectivity index (χ4n) is 2.35. The lowest BCUT2D eigenvalue weighted by molar-refractivity contribution is -0.120. The first-order chi connectivity index (χ1) is 9.72. The summed E-state index contributed by atoms with van der Waals surface area (Å²) in [5.41, 5.74) is 6.36. The normalized spacial score (nSPS) is 17.7. The minimum Gasteiger partial charge on any atom is -0.379 e. The Hall–Kier alpha value is -1.14. The Morgan fingerprint density at radius 2 is 2.10 bits per heavy atom. The highest BCUT2D eigenvalue weighted by molar-refractivity contribution is 6.31. The molecule has 6 heteroatoms. The van der Waals surface area contributed by atoms with E-state index in [1.165, 1.54) is 0 Å². The minimum atomic E-state index is -0.157. The van der Waals surface area contributed by atoms with E-state index in [2.05, 4.69) is 10.2 Å². The highest BCUT2D eigenvalue weighted by Crippen LogP contribution is 2.27. The molecule has 1 atom stereocenters. The van der Waals surface area contributed by atoms with Crippen LogP contribution in [0.3, 0.4) is 0 Å². The molecule has 1 aliphatic heterocycles. The maximum atomic E-state index is 11.4. The van der Waals surface area contributed by atoms with E-state index in [1.54, 1.807) is 0 Å². The predicted molar refractivity (Wildman–Crippen MR) is 78.6 cm³/mol. The summed E-state index contributed by atoms with van der Waals surface area (Å²) in [7, 11) is 0. The number of benzene rings is 1. The molecule has 5 nitrogen and oxygen atoms in total. The molecule has 20 heavy (non-hydrogen) atoms. The summed E-state index contributed by atoms with van der Waals surface area (Å²) < 4.78 is 5.38. The third-order valence-electron chi connectivity index (χ3n) is 3.43. The first kappa shape index (κ1) is 15.3. The molecule has 1 amide bonds. The fraction of sp³-hybridized carbons (Fsp3) is 0.500. The molecule has 110 valence electrons. The molecule has 0 aliphatic carbocycles. The van der Waals surface area contributed by atoms with Gasteiger partial charge in [0.15, 0.2) is 0 Å². The second-order valence-corrected chi connectivity index (χ2v) is 5.10. The van der Waals surface area contributed by atoms with Crippen LogP contribution in [0.1, 0.15) is 11.6 Å². The monoisotopic (exact) mass is 297 g/mol. The lowest BCUT2D eigenvalue weighted by Crippen LogP contribution is -2.44. The van der Waals surface area contributed by atoms with E-state index in [-0.39, 0.29) is 18.5 Å². The topological polar surface area (TPSA) is 67.6 Å². The first-order valence-electron chi connectivity index (χ1n) is 6.75. The zero-order valence-electron chi connectivity index (χ0n) is 11.3. The van der Waals surface area contributed by atoms with Crippen molar-refractivity contribution >= 4 is 17.5 Å². The summed E-state index contributed by atoms with van der Waals surface area (Å²) in [6.45, 7) is 3.55. The van der Waals surface area contributed by atoms with E-state index >= 15 is 0 Å². The quantitative estimate of drug-likeness (QED) is 0.843. The van der Waals surface area contributed by atoms with Crippen LogP contribution in [0.25, 0.3) is 0 Å². The van der Waals surface area contributed by atoms with Crippen molar-refractivity contribution in [1.29, 1.82) is 0 Å². The summed E-state index contributed by atoms with van der Waals surface area (Å²) in [6.07, 6.45) is 0. The highest BCUT2D eigenvalue weighted by atomic mass is 35.5. The van der Waals surface area contributed by atoms with Crippen molar-refractivity contribution in [2.24, 2.45) is 5.73 Å². The molecule has 0 aromatic heterocycles. The Morgan fingerprint density at radius 3 is 2.75 bits per heavy atom. The van der Waals surface area contributed by atoms with Crippen LogP contribution < -0.4 is 11.1 Å². The van der Waals surface area contributed by atoms with Gasteiger partial charge in [0, 0.05) is 24.7 Å². The molecule has 1 aliphatic rings. The number of ether oxygens (including phenoxy) is 1. The van der Waals surface area contributed by atoms with E-state index in [0.29, 0.717) is 24.8 Å². The molecule has 3 N–H and O–H groups in total. The maximum absolute atomic E-state index is 11.4. The molecule has 1 fully saturated rings. The summed E-state index contributed by atoms with van der Waals surface area (Å²) in [4.78, 5) is 13.7. The average molecular weight is 298 g/mol. The van der Waals surface area contributed by atoms with Gasteiger partial charge in [0.1, 0.15) is 0 Å². The van der Waals surface area contributed by atoms with Gasteiger partial charge in [-0.2, -0.15) is 0 Å². The van der Waals surface area contributed by atoms with Crippen molar-refractivity contribution < 1.29 is 9.53 Å². The van der Waals surface area contributed by atoms with Crippen LogP contribution in [0.15, 0.2) is 24.3 Å². The zero-order chi connectivity index (χ0) is 14.4. The van der Waals surface area contributed by atoms with Gasteiger partial charge in [-0.05, 0) is 11.6 Å². The van der Waals surface area contributed by atoms with Crippen LogP contribution in [0.2, 0.25) is 5.02 Å². The van der Waals surface area contributed by atoms with Crippen molar-refractivity contribution in [1.82, 2.24) is 10.2 Å². The number of rotatable bonds is 5. The van der Waals surface area contributed by atoms with Gasteiger partial charge in [-0.1, -0.05) is 29.8 Å². The third-order valence-corrected chi connectivity index (χ3v) is 3.77. The van der Waals surface area contributed by atoms with Gasteiger partial charge in [-0.15, -0.1) is 0 Å². The second kappa shape index (κ2) is 7.59. The second-order valence-electron chi connectivity index (χ2n) is 4.69. The molecule has 1 unspecified atom stereocenters. The van der Waals surface area contributed by atoms with Crippen LogP contribution in [0.4, 0.5) is 0 Å². The Morgan fingerprint density at radius 1 is 1.40 bits per heavy atom. The van der Waals surface area contributed by atoms with Gasteiger partial charge < -0.3 is 15.8 Å². The van der Waals surface area contributed by atoms with E-state index in [0.717, 1.165) is 18.7 Å². The van der Waals surface area contributed by atoms with Crippen molar-refractivity contribution in [3.63, 3.8) is 0 Å². The number of nitrogens with two attached hydrogens (primary N) is 1. The maximum Gasteiger partial charge on any atom is 0.233 e. The predicted octanol–water partition coefficient (Wildman–Crippen LogP) is 0.788. The third kappa shape index (κ3) is 3.93. The van der Waals surface area contributed by atoms with Gasteiger partial charge >= 0.3 is 0 Å². The fourth-order valence-corrected chi connectivity index (χ4v) is 2.61. The smallest absolute Gasteiger partial charge is 0.233 e. The average Bonchev–Trinajstić information content (AvgIpc) is 2.50. The lowest BCUT2D eigenvalue weighted by atomic mass is 10.0. The largest absolute Gasteiger partial charge is 0.379 e. The molecular formula is C14H20ClN3O2. The van der Waals surface area contributed by atoms with Crippen molar-refractivity contribution in [3.05, 3.63) is 34.9 Å². The Kier molecular flexibility index (Phi) is 5.79. The molecule has 1 aromatic rings. The summed E-state index contributed by atoms with van der Waals surface area (Å²) >= 11 is 6.29. The van der Waals surface area contributed by atoms with Gasteiger partial charge in [-0.3, -0.25) is 9.69 Å². The number of nitrogens with zero attached hydrogens (tertiary/aromatic N) is 1. The van der Waals surface area contributed by atoms with Crippen LogP contribution in [0, 0.1) is 0 Å². The Labute approximate surface area is 124 Å². The number of hydrogen-bond donors (Lipinski definition) is 2. The Bertz CT molecular complexity index is 450. The highest BCUT2D eigenvalue weighted by Gasteiger charge is 2.24. The zero-order valence-corrected chi connectivity index (χ0v) is 12.1. The molecule has 2 rings (SSSR count).